The number of sulfonamides is 1. The predicted molar refractivity (Wildman–Crippen MR) is 136 cm³/mol. The maximum Gasteiger partial charge on any atom is 0.322 e. The first kappa shape index (κ1) is 25.7. The normalized spacial score (nSPS) is 12.7. The average Bonchev–Trinajstić information content (AvgIpc) is 3.21. The molecule has 4 aromatic rings. The Hall–Kier alpha value is -4.36. The number of carboxylic acid groups (broad SMARTS) is 1. The predicted octanol–water partition coefficient (Wildman–Crippen LogP) is 2.02. The molecule has 3 aromatic heterocycles. The number of fused-ring (bicyclic) bond motifs is 1. The molecular formula is C24H24N6O6S. The van der Waals surface area contributed by atoms with Crippen molar-refractivity contribution in [3.8, 4) is 0 Å². The molecule has 0 aliphatic carbocycles. The number of aryl methyl sites for hydroxylation is 2. The van der Waals surface area contributed by atoms with Crippen LogP contribution in [0.3, 0.4) is 0 Å². The van der Waals surface area contributed by atoms with E-state index in [2.05, 4.69) is 30.1 Å². The molecule has 0 spiro atoms. The number of aromatic nitrogens is 4. The zero-order valence-electron chi connectivity index (χ0n) is 19.9. The second-order valence-corrected chi connectivity index (χ2v) is 9.81. The maximum atomic E-state index is 12.8. The van der Waals surface area contributed by atoms with Crippen LogP contribution < -0.4 is 15.6 Å². The third-order valence-corrected chi connectivity index (χ3v) is 7.10. The molecule has 1 aromatic carbocycles. The number of rotatable bonds is 10. The monoisotopic (exact) mass is 524 g/mol. The average molecular weight is 525 g/mol. The van der Waals surface area contributed by atoms with Gasteiger partial charge >= 0.3 is 5.97 Å². The Balaban J connectivity index is 1.50. The Morgan fingerprint density at radius 1 is 1.24 bits per heavy atom. The summed E-state index contributed by atoms with van der Waals surface area (Å²) in [5, 5.41) is 16.7. The number of aromatic amines is 1. The quantitative estimate of drug-likeness (QED) is 0.240. The number of nitrogens with zero attached hydrogens (tertiary/aromatic N) is 3. The first-order valence-corrected chi connectivity index (χ1v) is 12.6. The van der Waals surface area contributed by atoms with Crippen LogP contribution in [0.4, 0.5) is 5.82 Å². The molecule has 1 atom stereocenters. The van der Waals surface area contributed by atoms with E-state index >= 15 is 0 Å². The molecule has 4 rings (SSSR count). The fourth-order valence-corrected chi connectivity index (χ4v) is 5.23. The summed E-state index contributed by atoms with van der Waals surface area (Å²) in [5.74, 6) is -0.636. The molecule has 0 saturated carbocycles. The van der Waals surface area contributed by atoms with Crippen LogP contribution in [0.25, 0.3) is 17.0 Å². The Morgan fingerprint density at radius 3 is 2.73 bits per heavy atom. The highest BCUT2D eigenvalue weighted by atomic mass is 32.2. The summed E-state index contributed by atoms with van der Waals surface area (Å²) in [6, 6.07) is 9.04. The first-order valence-electron chi connectivity index (χ1n) is 11.2. The lowest BCUT2D eigenvalue weighted by Crippen LogP contribution is -2.43. The van der Waals surface area contributed by atoms with E-state index in [1.165, 1.54) is 13.8 Å². The summed E-state index contributed by atoms with van der Waals surface area (Å²) in [6.45, 7) is 3.37. The number of carboxylic acids is 1. The lowest BCUT2D eigenvalue weighted by Gasteiger charge is -2.14. The van der Waals surface area contributed by atoms with Crippen molar-refractivity contribution < 1.29 is 22.8 Å². The van der Waals surface area contributed by atoms with Crippen molar-refractivity contribution >= 4 is 38.8 Å². The maximum absolute atomic E-state index is 12.8. The minimum Gasteiger partial charge on any atom is -0.480 e. The summed E-state index contributed by atoms with van der Waals surface area (Å²) in [4.78, 5) is 35.4. The van der Waals surface area contributed by atoms with E-state index < -0.39 is 27.6 Å². The van der Waals surface area contributed by atoms with Gasteiger partial charge in [-0.15, -0.1) is 0 Å². The second kappa shape index (κ2) is 10.7. The van der Waals surface area contributed by atoms with Crippen LogP contribution in [0.15, 0.2) is 62.9 Å². The van der Waals surface area contributed by atoms with Gasteiger partial charge in [-0.05, 0) is 43.7 Å². The molecule has 192 valence electrons. The number of benzene rings is 1. The van der Waals surface area contributed by atoms with Gasteiger partial charge in [0.25, 0.3) is 5.56 Å². The highest BCUT2D eigenvalue weighted by Gasteiger charge is 2.31. The zero-order chi connectivity index (χ0) is 26.6. The van der Waals surface area contributed by atoms with E-state index in [-0.39, 0.29) is 28.6 Å². The topological polar surface area (TPSA) is 180 Å². The minimum absolute atomic E-state index is 0.0224. The van der Waals surface area contributed by atoms with Crippen LogP contribution in [0.1, 0.15) is 22.8 Å². The molecule has 0 saturated heterocycles. The smallest absolute Gasteiger partial charge is 0.322 e. The summed E-state index contributed by atoms with van der Waals surface area (Å²) in [6.07, 6.45) is 5.03. The SMILES string of the molecule is Cc1noc(C)c1S(=O)(=O)N[C@@H](Cc1nc2ccc(C=CCNc3ccccn3)cc2c(=O)[nH]1)C(=O)O. The van der Waals surface area contributed by atoms with E-state index in [0.29, 0.717) is 17.4 Å². The van der Waals surface area contributed by atoms with Crippen LogP contribution in [0, 0.1) is 13.8 Å². The molecule has 3 heterocycles. The van der Waals surface area contributed by atoms with E-state index in [0.717, 1.165) is 11.4 Å². The molecule has 37 heavy (non-hydrogen) atoms. The summed E-state index contributed by atoms with van der Waals surface area (Å²) in [5.41, 5.74) is 0.745. The van der Waals surface area contributed by atoms with E-state index in [9.17, 15) is 23.1 Å². The number of hydrogen-bond acceptors (Lipinski definition) is 9. The number of anilines is 1. The number of carbonyl (C=O) groups is 1. The second-order valence-electron chi connectivity index (χ2n) is 8.16. The van der Waals surface area contributed by atoms with Gasteiger partial charge in [0.15, 0.2) is 5.76 Å². The zero-order valence-corrected chi connectivity index (χ0v) is 20.7. The highest BCUT2D eigenvalue weighted by molar-refractivity contribution is 7.89. The number of H-pyrrole nitrogens is 1. The first-order chi connectivity index (χ1) is 17.6. The van der Waals surface area contributed by atoms with Gasteiger partial charge in [-0.1, -0.05) is 29.4 Å². The molecular weight excluding hydrogens is 500 g/mol. The van der Waals surface area contributed by atoms with E-state index in [4.69, 9.17) is 4.52 Å². The van der Waals surface area contributed by atoms with Gasteiger partial charge in [0.2, 0.25) is 10.0 Å². The van der Waals surface area contributed by atoms with Crippen molar-refractivity contribution in [3.05, 3.63) is 81.9 Å². The molecule has 0 aliphatic rings. The molecule has 4 N–H and O–H groups in total. The van der Waals surface area contributed by atoms with Crippen molar-refractivity contribution in [2.24, 2.45) is 0 Å². The highest BCUT2D eigenvalue weighted by Crippen LogP contribution is 2.19. The lowest BCUT2D eigenvalue weighted by atomic mass is 10.1. The molecule has 0 fully saturated rings. The van der Waals surface area contributed by atoms with Crippen molar-refractivity contribution in [2.75, 3.05) is 11.9 Å². The number of hydrogen-bond donors (Lipinski definition) is 4. The van der Waals surface area contributed by atoms with Crippen LogP contribution >= 0.6 is 0 Å². The van der Waals surface area contributed by atoms with Crippen molar-refractivity contribution in [2.45, 2.75) is 31.2 Å². The number of nitrogens with one attached hydrogen (secondary N) is 3. The number of aliphatic carboxylic acids is 1. The molecule has 0 bridgehead atoms. The lowest BCUT2D eigenvalue weighted by molar-refractivity contribution is -0.139. The van der Waals surface area contributed by atoms with Crippen LogP contribution in [-0.2, 0) is 21.2 Å². The Morgan fingerprint density at radius 2 is 2.05 bits per heavy atom. The van der Waals surface area contributed by atoms with Gasteiger partial charge in [-0.25, -0.2) is 18.4 Å². The Labute approximate surface area is 211 Å². The minimum atomic E-state index is -4.25. The van der Waals surface area contributed by atoms with Gasteiger partial charge in [-0.3, -0.25) is 9.59 Å². The summed E-state index contributed by atoms with van der Waals surface area (Å²) < 4.78 is 32.5. The Kier molecular flexibility index (Phi) is 7.45. The van der Waals surface area contributed by atoms with E-state index in [1.54, 1.807) is 24.4 Å². The van der Waals surface area contributed by atoms with Gasteiger partial charge in [0.05, 0.1) is 10.9 Å². The standard InChI is InChI=1S/C24H24N6O6S/c1-14-22(15(2)36-29-14)37(34,35)30-19(24(32)33)13-21-27-18-9-8-16(12-17(18)23(31)28-21)6-5-11-26-20-7-3-4-10-25-20/h3-10,12,19,30H,11,13H2,1-2H3,(H,25,26)(H,32,33)(H,27,28,31)/t19-/m0/s1. The Bertz CT molecular complexity index is 1610. The van der Waals surface area contributed by atoms with Gasteiger partial charge in [-0.2, -0.15) is 4.72 Å². The van der Waals surface area contributed by atoms with Gasteiger partial charge < -0.3 is 19.9 Å². The fraction of sp³-hybridized carbons (Fsp3) is 0.208. The molecule has 0 aliphatic heterocycles. The van der Waals surface area contributed by atoms with Gasteiger partial charge in [0.1, 0.15) is 28.3 Å². The molecule has 0 radical (unpaired) electrons. The van der Waals surface area contributed by atoms with Gasteiger partial charge in [0, 0.05) is 19.2 Å². The van der Waals surface area contributed by atoms with Crippen LogP contribution in [0.5, 0.6) is 0 Å². The van der Waals surface area contributed by atoms with Crippen LogP contribution in [-0.4, -0.2) is 52.2 Å². The number of pyridine rings is 1. The van der Waals surface area contributed by atoms with Crippen LogP contribution in [0.2, 0.25) is 0 Å². The molecule has 0 unspecified atom stereocenters. The van der Waals surface area contributed by atoms with Crippen molar-refractivity contribution in [1.82, 2.24) is 24.8 Å². The molecule has 12 nitrogen and oxygen atoms in total. The molecule has 0 amide bonds. The fourth-order valence-electron chi connectivity index (χ4n) is 3.71. The summed E-state index contributed by atoms with van der Waals surface area (Å²) in [7, 11) is -4.25. The summed E-state index contributed by atoms with van der Waals surface area (Å²) >= 11 is 0. The van der Waals surface area contributed by atoms with Crippen molar-refractivity contribution in [1.29, 1.82) is 0 Å². The van der Waals surface area contributed by atoms with Crippen molar-refractivity contribution in [3.63, 3.8) is 0 Å². The molecule has 13 heteroatoms. The third kappa shape index (κ3) is 6.08. The largest absolute Gasteiger partial charge is 0.480 e. The third-order valence-electron chi connectivity index (χ3n) is 5.38. The van der Waals surface area contributed by atoms with E-state index in [1.807, 2.05) is 30.4 Å².